The summed E-state index contributed by atoms with van der Waals surface area (Å²) < 4.78 is 13.0. The normalized spacial score (nSPS) is 10.1. The van der Waals surface area contributed by atoms with Crippen molar-refractivity contribution in [3.05, 3.63) is 12.1 Å². The first-order valence-corrected chi connectivity index (χ1v) is 4.28. The van der Waals surface area contributed by atoms with E-state index in [1.807, 2.05) is 0 Å². The predicted molar refractivity (Wildman–Crippen MR) is 44.5 cm³/mol. The topological polar surface area (TPSA) is 91.0 Å². The van der Waals surface area contributed by atoms with Gasteiger partial charge in [0.05, 0.1) is 13.3 Å². The highest BCUT2D eigenvalue weighted by Crippen LogP contribution is 2.19. The molecule has 0 unspecified atom stereocenters. The second-order valence-corrected chi connectivity index (χ2v) is 2.97. The third-order valence-electron chi connectivity index (χ3n) is 1.36. The van der Waals surface area contributed by atoms with Gasteiger partial charge in [-0.1, -0.05) is 4.49 Å². The molecule has 0 saturated carbocycles. The lowest BCUT2D eigenvalue weighted by Gasteiger charge is -1.88. The summed E-state index contributed by atoms with van der Waals surface area (Å²) >= 11 is 1.10. The summed E-state index contributed by atoms with van der Waals surface area (Å²) in [5, 5.41) is 10.7. The van der Waals surface area contributed by atoms with Gasteiger partial charge in [0.2, 0.25) is 0 Å². The Morgan fingerprint density at radius 2 is 2.43 bits per heavy atom. The van der Waals surface area contributed by atoms with Crippen molar-refractivity contribution in [3.8, 4) is 10.8 Å². The van der Waals surface area contributed by atoms with E-state index in [2.05, 4.69) is 24.5 Å². The monoisotopic (exact) mass is 212 g/mol. The first-order chi connectivity index (χ1) is 6.81. The van der Waals surface area contributed by atoms with E-state index < -0.39 is 5.97 Å². The Kier molecular flexibility index (Phi) is 2.19. The van der Waals surface area contributed by atoms with E-state index in [9.17, 15) is 4.79 Å². The Bertz CT molecular complexity index is 438. The smallest absolute Gasteiger partial charge is 0.396 e. The summed E-state index contributed by atoms with van der Waals surface area (Å²) in [7, 11) is 1.24. The number of carbonyl (C=O) groups is 1. The Balaban J connectivity index is 2.31. The van der Waals surface area contributed by atoms with Crippen molar-refractivity contribution in [1.82, 2.24) is 19.8 Å². The maximum atomic E-state index is 11.0. The molecule has 0 aliphatic carbocycles. The highest BCUT2D eigenvalue weighted by Gasteiger charge is 2.16. The molecule has 2 aromatic heterocycles. The van der Waals surface area contributed by atoms with Crippen LogP contribution in [0, 0.1) is 0 Å². The number of carbonyl (C=O) groups excluding carboxylic acids is 1. The lowest BCUT2D eigenvalue weighted by atomic mass is 10.6. The summed E-state index contributed by atoms with van der Waals surface area (Å²) in [4.78, 5) is 11.6. The summed E-state index contributed by atoms with van der Waals surface area (Å²) in [5.41, 5.74) is 0. The van der Waals surface area contributed by atoms with Gasteiger partial charge in [-0.25, -0.2) is 4.79 Å². The van der Waals surface area contributed by atoms with Crippen molar-refractivity contribution in [3.63, 3.8) is 0 Å². The van der Waals surface area contributed by atoms with Crippen LogP contribution < -0.4 is 0 Å². The van der Waals surface area contributed by atoms with Gasteiger partial charge in [0.1, 0.15) is 4.88 Å². The van der Waals surface area contributed by atoms with E-state index in [1.54, 1.807) is 0 Å². The van der Waals surface area contributed by atoms with Crippen LogP contribution >= 0.6 is 11.5 Å². The van der Waals surface area contributed by atoms with Gasteiger partial charge in [-0.05, 0) is 11.5 Å². The lowest BCUT2D eigenvalue weighted by Crippen LogP contribution is -2.00. The molecule has 0 bridgehead atoms. The van der Waals surface area contributed by atoms with Crippen LogP contribution in [-0.2, 0) is 4.74 Å². The summed E-state index contributed by atoms with van der Waals surface area (Å²) in [6.45, 7) is 0. The van der Waals surface area contributed by atoms with E-state index in [-0.39, 0.29) is 11.8 Å². The second kappa shape index (κ2) is 3.50. The van der Waals surface area contributed by atoms with Gasteiger partial charge < -0.3 is 9.15 Å². The van der Waals surface area contributed by atoms with Gasteiger partial charge in [-0.15, -0.1) is 15.3 Å². The first kappa shape index (κ1) is 8.75. The van der Waals surface area contributed by atoms with Gasteiger partial charge in [-0.3, -0.25) is 0 Å². The molecule has 0 aliphatic heterocycles. The van der Waals surface area contributed by atoms with Crippen LogP contribution in [0.4, 0.5) is 0 Å². The predicted octanol–water partition coefficient (Wildman–Crippen LogP) is 0.375. The van der Waals surface area contributed by atoms with Gasteiger partial charge in [-0.2, -0.15) is 0 Å². The van der Waals surface area contributed by atoms with Crippen molar-refractivity contribution < 1.29 is 13.9 Å². The molecule has 0 N–H and O–H groups in total. The molecule has 8 heteroatoms. The Hall–Kier alpha value is -1.83. The molecule has 0 aromatic carbocycles. The van der Waals surface area contributed by atoms with E-state index in [0.29, 0.717) is 4.88 Å². The van der Waals surface area contributed by atoms with Gasteiger partial charge in [0.15, 0.2) is 0 Å². The molecular formula is C6H4N4O3S. The molecule has 14 heavy (non-hydrogen) atoms. The van der Waals surface area contributed by atoms with E-state index in [1.165, 1.54) is 13.3 Å². The van der Waals surface area contributed by atoms with Gasteiger partial charge >= 0.3 is 11.9 Å². The Morgan fingerprint density at radius 1 is 1.57 bits per heavy atom. The van der Waals surface area contributed by atoms with Crippen LogP contribution in [-0.4, -0.2) is 32.9 Å². The molecule has 7 nitrogen and oxygen atoms in total. The standard InChI is InChI=1S/C6H4N4O3S/c1-12-6(11)5-9-8-4(13-5)3-2-7-10-14-3/h2H,1H3. The molecule has 2 rings (SSSR count). The van der Waals surface area contributed by atoms with Crippen LogP contribution in [0.2, 0.25) is 0 Å². The quantitative estimate of drug-likeness (QED) is 0.664. The fourth-order valence-electron chi connectivity index (χ4n) is 0.754. The molecule has 0 fully saturated rings. The van der Waals surface area contributed by atoms with Crippen molar-refractivity contribution >= 4 is 17.5 Å². The maximum Gasteiger partial charge on any atom is 0.396 e. The van der Waals surface area contributed by atoms with E-state index >= 15 is 0 Å². The highest BCUT2D eigenvalue weighted by atomic mass is 32.1. The Morgan fingerprint density at radius 3 is 3.07 bits per heavy atom. The van der Waals surface area contributed by atoms with Gasteiger partial charge in [0.25, 0.3) is 5.89 Å². The molecule has 0 atom stereocenters. The van der Waals surface area contributed by atoms with Crippen LogP contribution in [0.1, 0.15) is 10.7 Å². The molecule has 0 aliphatic rings. The third kappa shape index (κ3) is 1.46. The molecule has 2 aromatic rings. The van der Waals surface area contributed by atoms with Crippen molar-refractivity contribution in [2.45, 2.75) is 0 Å². The minimum atomic E-state index is -0.666. The second-order valence-electron chi connectivity index (χ2n) is 2.19. The highest BCUT2D eigenvalue weighted by molar-refractivity contribution is 7.09. The van der Waals surface area contributed by atoms with Crippen molar-refractivity contribution in [2.75, 3.05) is 7.11 Å². The van der Waals surface area contributed by atoms with E-state index in [4.69, 9.17) is 4.42 Å². The zero-order valence-corrected chi connectivity index (χ0v) is 7.82. The third-order valence-corrected chi connectivity index (χ3v) is 2.01. The molecule has 0 amide bonds. The SMILES string of the molecule is COC(=O)c1nnc(-c2cnns2)o1. The summed E-state index contributed by atoms with van der Waals surface area (Å²) in [5.74, 6) is -0.641. The fraction of sp³-hybridized carbons (Fsp3) is 0.167. The largest absolute Gasteiger partial charge is 0.462 e. The lowest BCUT2D eigenvalue weighted by molar-refractivity contribution is 0.0557. The molecule has 0 radical (unpaired) electrons. The number of aromatic nitrogens is 4. The van der Waals surface area contributed by atoms with Crippen molar-refractivity contribution in [2.24, 2.45) is 0 Å². The fourth-order valence-corrected chi connectivity index (χ4v) is 1.19. The summed E-state index contributed by atoms with van der Waals surface area (Å²) in [6, 6.07) is 0. The number of esters is 1. The van der Waals surface area contributed by atoms with E-state index in [0.717, 1.165) is 11.5 Å². The van der Waals surface area contributed by atoms with Crippen LogP contribution in [0.25, 0.3) is 10.8 Å². The van der Waals surface area contributed by atoms with Crippen LogP contribution in [0.15, 0.2) is 10.6 Å². The average Bonchev–Trinajstić information content (AvgIpc) is 2.86. The molecule has 2 heterocycles. The Labute approximate surface area is 81.9 Å². The molecular weight excluding hydrogens is 208 g/mol. The number of rotatable bonds is 2. The maximum absolute atomic E-state index is 11.0. The average molecular weight is 212 g/mol. The van der Waals surface area contributed by atoms with Crippen molar-refractivity contribution in [1.29, 1.82) is 0 Å². The zero-order chi connectivity index (χ0) is 9.97. The number of hydrogen-bond acceptors (Lipinski definition) is 8. The minimum absolute atomic E-state index is 0.184. The number of hydrogen-bond donors (Lipinski definition) is 0. The zero-order valence-electron chi connectivity index (χ0n) is 7.00. The van der Waals surface area contributed by atoms with Crippen LogP contribution in [0.3, 0.4) is 0 Å². The number of nitrogens with zero attached hydrogens (tertiary/aromatic N) is 4. The first-order valence-electron chi connectivity index (χ1n) is 3.51. The molecule has 72 valence electrons. The van der Waals surface area contributed by atoms with Gasteiger partial charge in [0, 0.05) is 0 Å². The number of methoxy groups -OCH3 is 1. The molecule has 0 saturated heterocycles. The number of ether oxygens (including phenoxy) is 1. The minimum Gasteiger partial charge on any atom is -0.462 e. The van der Waals surface area contributed by atoms with Crippen LogP contribution in [0.5, 0.6) is 0 Å². The summed E-state index contributed by atoms with van der Waals surface area (Å²) in [6.07, 6.45) is 1.47. The molecule has 0 spiro atoms.